The average molecular weight is 451 g/mol. The van der Waals surface area contributed by atoms with Gasteiger partial charge >= 0.3 is 5.97 Å². The number of anilines is 1. The molecule has 1 heterocycles. The number of nitrogens with one attached hydrogen (secondary N) is 1. The summed E-state index contributed by atoms with van der Waals surface area (Å²) in [5.74, 6) is 0.0723. The lowest BCUT2D eigenvalue weighted by Crippen LogP contribution is -2.47. The van der Waals surface area contributed by atoms with Crippen molar-refractivity contribution in [1.29, 1.82) is 0 Å². The van der Waals surface area contributed by atoms with Crippen LogP contribution in [0.15, 0.2) is 54.6 Å². The van der Waals surface area contributed by atoms with Crippen LogP contribution >= 0.6 is 0 Å². The maximum atomic E-state index is 13.4. The van der Waals surface area contributed by atoms with Crippen LogP contribution in [0, 0.1) is 5.92 Å². The molecule has 2 amide bonds. The van der Waals surface area contributed by atoms with Gasteiger partial charge in [-0.15, -0.1) is 0 Å². The van der Waals surface area contributed by atoms with E-state index in [-0.39, 0.29) is 24.5 Å². The van der Waals surface area contributed by atoms with Gasteiger partial charge in [0.2, 0.25) is 5.91 Å². The molecule has 2 aliphatic rings. The molecule has 0 bridgehead atoms. The van der Waals surface area contributed by atoms with Crippen LogP contribution in [0.1, 0.15) is 49.4 Å². The Balaban J connectivity index is 1.48. The minimum Gasteiger partial charge on any atom is -0.482 e. The minimum absolute atomic E-state index is 0.0864. The molecule has 2 aromatic carbocycles. The molecule has 3 unspecified atom stereocenters. The normalized spacial score (nSPS) is 21.7. The van der Waals surface area contributed by atoms with Gasteiger partial charge in [0.15, 0.2) is 6.61 Å². The van der Waals surface area contributed by atoms with Gasteiger partial charge in [-0.25, -0.2) is 4.79 Å². The second kappa shape index (κ2) is 10.5. The standard InChI is InChI=1S/C26H30N2O5/c1-2-32-24(29)17-33-21-13-8-12-20(16-21)27-25(30)23-15-19-11-6-7-14-22(19)28(23)26(31)18-9-4-3-5-10-18/h3-5,8-10,12-13,16,19,22-23H,2,6-7,11,14-15,17H2,1H3,(H,27,30). The van der Waals surface area contributed by atoms with Gasteiger partial charge in [0, 0.05) is 23.4 Å². The number of carbonyl (C=O) groups is 3. The van der Waals surface area contributed by atoms with Gasteiger partial charge in [-0.2, -0.15) is 0 Å². The zero-order valence-electron chi connectivity index (χ0n) is 18.9. The van der Waals surface area contributed by atoms with Crippen LogP contribution in [0.2, 0.25) is 0 Å². The number of hydrogen-bond acceptors (Lipinski definition) is 5. The predicted molar refractivity (Wildman–Crippen MR) is 124 cm³/mol. The average Bonchev–Trinajstić information content (AvgIpc) is 3.23. The van der Waals surface area contributed by atoms with E-state index in [0.29, 0.717) is 35.9 Å². The van der Waals surface area contributed by atoms with Gasteiger partial charge in [0.1, 0.15) is 11.8 Å². The van der Waals surface area contributed by atoms with E-state index in [0.717, 1.165) is 25.7 Å². The topological polar surface area (TPSA) is 84.9 Å². The molecule has 0 aromatic heterocycles. The van der Waals surface area contributed by atoms with E-state index in [1.807, 2.05) is 23.1 Å². The third-order valence-corrected chi connectivity index (χ3v) is 6.41. The van der Waals surface area contributed by atoms with Gasteiger partial charge in [-0.1, -0.05) is 37.1 Å². The fourth-order valence-corrected chi connectivity index (χ4v) is 4.95. The van der Waals surface area contributed by atoms with E-state index in [9.17, 15) is 14.4 Å². The summed E-state index contributed by atoms with van der Waals surface area (Å²) in [6.07, 6.45) is 4.87. The van der Waals surface area contributed by atoms with Crippen molar-refractivity contribution >= 4 is 23.5 Å². The molecular formula is C26H30N2O5. The molecule has 1 aliphatic carbocycles. The fourth-order valence-electron chi connectivity index (χ4n) is 4.95. The molecule has 1 aliphatic heterocycles. The van der Waals surface area contributed by atoms with Gasteiger partial charge < -0.3 is 19.7 Å². The Morgan fingerprint density at radius 2 is 1.82 bits per heavy atom. The predicted octanol–water partition coefficient (Wildman–Crippen LogP) is 4.04. The van der Waals surface area contributed by atoms with Crippen LogP contribution in [-0.4, -0.2) is 48.0 Å². The van der Waals surface area contributed by atoms with Gasteiger partial charge in [0.25, 0.3) is 5.91 Å². The maximum Gasteiger partial charge on any atom is 0.344 e. The van der Waals surface area contributed by atoms with Crippen molar-refractivity contribution in [3.05, 3.63) is 60.2 Å². The number of likely N-dealkylation sites (tertiary alicyclic amines) is 1. The number of ether oxygens (including phenoxy) is 2. The first-order valence-corrected chi connectivity index (χ1v) is 11.6. The molecule has 7 heteroatoms. The number of esters is 1. The fraction of sp³-hybridized carbons (Fsp3) is 0.423. The van der Waals surface area contributed by atoms with E-state index in [1.165, 1.54) is 0 Å². The Hall–Kier alpha value is -3.35. The molecule has 2 fully saturated rings. The Labute approximate surface area is 194 Å². The highest BCUT2D eigenvalue weighted by Crippen LogP contribution is 2.41. The molecule has 4 rings (SSSR count). The van der Waals surface area contributed by atoms with Crippen molar-refractivity contribution in [3.8, 4) is 5.75 Å². The lowest BCUT2D eigenvalue weighted by atomic mass is 9.84. The summed E-state index contributed by atoms with van der Waals surface area (Å²) in [7, 11) is 0. The molecular weight excluding hydrogens is 420 g/mol. The number of benzene rings is 2. The highest BCUT2D eigenvalue weighted by molar-refractivity contribution is 6.02. The number of amides is 2. The smallest absolute Gasteiger partial charge is 0.344 e. The summed E-state index contributed by atoms with van der Waals surface area (Å²) >= 11 is 0. The lowest BCUT2D eigenvalue weighted by molar-refractivity contribution is -0.145. The van der Waals surface area contributed by atoms with E-state index in [1.54, 1.807) is 43.3 Å². The number of carbonyl (C=O) groups excluding carboxylic acids is 3. The maximum absolute atomic E-state index is 13.4. The molecule has 1 saturated carbocycles. The van der Waals surface area contributed by atoms with Crippen LogP contribution in [-0.2, 0) is 14.3 Å². The van der Waals surface area contributed by atoms with Crippen molar-refractivity contribution in [2.45, 2.75) is 51.1 Å². The molecule has 0 spiro atoms. The second-order valence-electron chi connectivity index (χ2n) is 8.55. The lowest BCUT2D eigenvalue weighted by Gasteiger charge is -2.33. The van der Waals surface area contributed by atoms with E-state index < -0.39 is 12.0 Å². The zero-order chi connectivity index (χ0) is 23.2. The summed E-state index contributed by atoms with van der Waals surface area (Å²) in [5, 5.41) is 2.95. The molecule has 1 N–H and O–H groups in total. The van der Waals surface area contributed by atoms with Gasteiger partial charge in [-0.3, -0.25) is 9.59 Å². The number of nitrogens with zero attached hydrogens (tertiary/aromatic N) is 1. The van der Waals surface area contributed by atoms with Crippen molar-refractivity contribution < 1.29 is 23.9 Å². The molecule has 174 valence electrons. The summed E-state index contributed by atoms with van der Waals surface area (Å²) in [6.45, 7) is 1.83. The van der Waals surface area contributed by atoms with E-state index in [4.69, 9.17) is 9.47 Å². The molecule has 0 radical (unpaired) electrons. The minimum atomic E-state index is -0.519. The van der Waals surface area contributed by atoms with Crippen LogP contribution in [0.4, 0.5) is 5.69 Å². The summed E-state index contributed by atoms with van der Waals surface area (Å²) in [6, 6.07) is 15.7. The first-order valence-electron chi connectivity index (χ1n) is 11.6. The second-order valence-corrected chi connectivity index (χ2v) is 8.55. The van der Waals surface area contributed by atoms with Crippen molar-refractivity contribution in [2.75, 3.05) is 18.5 Å². The largest absolute Gasteiger partial charge is 0.482 e. The molecule has 1 saturated heterocycles. The SMILES string of the molecule is CCOC(=O)COc1cccc(NC(=O)C2CC3CCCCC3N2C(=O)c2ccccc2)c1. The number of rotatable bonds is 7. The Kier molecular flexibility index (Phi) is 7.27. The van der Waals surface area contributed by atoms with E-state index in [2.05, 4.69) is 5.32 Å². The van der Waals surface area contributed by atoms with Gasteiger partial charge in [0.05, 0.1) is 6.61 Å². The van der Waals surface area contributed by atoms with Crippen molar-refractivity contribution in [1.82, 2.24) is 4.90 Å². The van der Waals surface area contributed by atoms with Gasteiger partial charge in [-0.05, 0) is 56.4 Å². The van der Waals surface area contributed by atoms with Crippen LogP contribution in [0.3, 0.4) is 0 Å². The first kappa shape index (κ1) is 22.8. The Bertz CT molecular complexity index is 993. The third-order valence-electron chi connectivity index (χ3n) is 6.41. The van der Waals surface area contributed by atoms with Crippen molar-refractivity contribution in [3.63, 3.8) is 0 Å². The summed E-state index contributed by atoms with van der Waals surface area (Å²) in [4.78, 5) is 40.1. The number of fused-ring (bicyclic) bond motifs is 1. The highest BCUT2D eigenvalue weighted by atomic mass is 16.6. The molecule has 7 nitrogen and oxygen atoms in total. The Morgan fingerprint density at radius 1 is 1.03 bits per heavy atom. The van der Waals surface area contributed by atoms with Crippen molar-refractivity contribution in [2.24, 2.45) is 5.92 Å². The van der Waals surface area contributed by atoms with E-state index >= 15 is 0 Å². The van der Waals surface area contributed by atoms with Crippen LogP contribution in [0.5, 0.6) is 5.75 Å². The molecule has 3 atom stereocenters. The third kappa shape index (κ3) is 5.35. The zero-order valence-corrected chi connectivity index (χ0v) is 18.9. The summed E-state index contributed by atoms with van der Waals surface area (Å²) in [5.41, 5.74) is 1.17. The number of hydrogen-bond donors (Lipinski definition) is 1. The first-order chi connectivity index (χ1) is 16.1. The molecule has 2 aromatic rings. The summed E-state index contributed by atoms with van der Waals surface area (Å²) < 4.78 is 10.3. The quantitative estimate of drug-likeness (QED) is 0.644. The Morgan fingerprint density at radius 3 is 2.61 bits per heavy atom. The highest BCUT2D eigenvalue weighted by Gasteiger charge is 2.47. The molecule has 33 heavy (non-hydrogen) atoms. The van der Waals surface area contributed by atoms with Crippen LogP contribution < -0.4 is 10.1 Å². The monoisotopic (exact) mass is 450 g/mol. The van der Waals surface area contributed by atoms with Crippen LogP contribution in [0.25, 0.3) is 0 Å².